The van der Waals surface area contributed by atoms with Crippen molar-refractivity contribution < 1.29 is 9.18 Å². The smallest absolute Gasteiger partial charge is 0.277 e. The number of aromatic nitrogens is 4. The van der Waals surface area contributed by atoms with Gasteiger partial charge in [-0.3, -0.25) is 14.5 Å². The molecule has 4 rings (SSSR count). The summed E-state index contributed by atoms with van der Waals surface area (Å²) in [5.41, 5.74) is 0.262. The van der Waals surface area contributed by atoms with Crippen molar-refractivity contribution in [2.24, 2.45) is 0 Å². The molecule has 0 radical (unpaired) electrons. The summed E-state index contributed by atoms with van der Waals surface area (Å²) >= 11 is 0. The number of carbonyl (C=O) groups excluding carboxylic acids is 1. The Morgan fingerprint density at radius 1 is 1.46 bits per heavy atom. The highest BCUT2D eigenvalue weighted by atomic mass is 19.1. The van der Waals surface area contributed by atoms with Crippen LogP contribution >= 0.6 is 0 Å². The summed E-state index contributed by atoms with van der Waals surface area (Å²) in [4.78, 5) is 29.8. The van der Waals surface area contributed by atoms with E-state index >= 15 is 0 Å². The van der Waals surface area contributed by atoms with Crippen molar-refractivity contribution in [3.8, 4) is 0 Å². The van der Waals surface area contributed by atoms with Crippen molar-refractivity contribution in [3.05, 3.63) is 40.1 Å². The average molecular weight is 358 g/mol. The zero-order chi connectivity index (χ0) is 18.3. The number of nitrogens with one attached hydrogen (secondary N) is 2. The fourth-order valence-electron chi connectivity index (χ4n) is 3.62. The Balaban J connectivity index is 1.65. The lowest BCUT2D eigenvalue weighted by Crippen LogP contribution is -2.40. The third kappa shape index (κ3) is 2.74. The molecule has 1 fully saturated rings. The van der Waals surface area contributed by atoms with Crippen LogP contribution in [0.15, 0.2) is 23.0 Å². The van der Waals surface area contributed by atoms with Crippen LogP contribution in [0.2, 0.25) is 0 Å². The van der Waals surface area contributed by atoms with E-state index in [-0.39, 0.29) is 11.2 Å². The molecule has 2 N–H and O–H groups in total. The maximum Gasteiger partial charge on any atom is 0.277 e. The molecule has 136 valence electrons. The summed E-state index contributed by atoms with van der Waals surface area (Å²) in [6, 6.07) is 4.26. The maximum absolute atomic E-state index is 13.4. The van der Waals surface area contributed by atoms with E-state index in [0.29, 0.717) is 23.6 Å². The fourth-order valence-corrected chi connectivity index (χ4v) is 3.62. The lowest BCUT2D eigenvalue weighted by molar-refractivity contribution is 0.0938. The zero-order valence-electron chi connectivity index (χ0n) is 14.3. The second-order valence-corrected chi connectivity index (χ2v) is 6.45. The number of amides is 1. The molecule has 1 aliphatic heterocycles. The van der Waals surface area contributed by atoms with Crippen LogP contribution in [-0.2, 0) is 0 Å². The van der Waals surface area contributed by atoms with Crippen LogP contribution in [0.25, 0.3) is 16.6 Å². The Labute approximate surface area is 148 Å². The highest BCUT2D eigenvalue weighted by Gasteiger charge is 2.25. The van der Waals surface area contributed by atoms with E-state index in [2.05, 4.69) is 32.4 Å². The Hall–Kier alpha value is -2.81. The highest BCUT2D eigenvalue weighted by Crippen LogP contribution is 2.17. The van der Waals surface area contributed by atoms with Crippen LogP contribution in [0, 0.1) is 5.82 Å². The first kappa shape index (κ1) is 16.6. The Morgan fingerprint density at radius 2 is 2.31 bits per heavy atom. The number of halogens is 1. The molecule has 1 aliphatic rings. The summed E-state index contributed by atoms with van der Waals surface area (Å²) in [6.07, 6.45) is 2.15. The largest absolute Gasteiger partial charge is 0.349 e. The van der Waals surface area contributed by atoms with Crippen molar-refractivity contribution in [2.75, 3.05) is 19.6 Å². The van der Waals surface area contributed by atoms with Gasteiger partial charge in [-0.2, -0.15) is 0 Å². The molecule has 0 aliphatic carbocycles. The standard InChI is InChI=1S/C17H19FN6O2/c1-2-23-7-3-4-11(23)9-19-16(25)14-15-17(26)20-12-8-10(18)5-6-13(12)24(15)22-21-14/h5-6,8,11H,2-4,7,9H2,1H3,(H,19,25)(H,20,26). The molecule has 0 saturated carbocycles. The van der Waals surface area contributed by atoms with Crippen LogP contribution in [0.5, 0.6) is 0 Å². The monoisotopic (exact) mass is 358 g/mol. The first-order valence-electron chi connectivity index (χ1n) is 8.67. The summed E-state index contributed by atoms with van der Waals surface area (Å²) in [7, 11) is 0. The highest BCUT2D eigenvalue weighted by molar-refractivity contribution is 5.99. The average Bonchev–Trinajstić information content (AvgIpc) is 3.26. The van der Waals surface area contributed by atoms with Gasteiger partial charge in [0.05, 0.1) is 11.0 Å². The zero-order valence-corrected chi connectivity index (χ0v) is 14.3. The first-order valence-corrected chi connectivity index (χ1v) is 8.67. The molecule has 1 saturated heterocycles. The van der Waals surface area contributed by atoms with Gasteiger partial charge in [0.2, 0.25) is 0 Å². The fraction of sp³-hybridized carbons (Fsp3) is 0.412. The number of fused-ring (bicyclic) bond motifs is 3. The lowest BCUT2D eigenvalue weighted by Gasteiger charge is -2.22. The lowest BCUT2D eigenvalue weighted by atomic mass is 10.2. The minimum absolute atomic E-state index is 0.0291. The predicted octanol–water partition coefficient (Wildman–Crippen LogP) is 0.924. The summed E-state index contributed by atoms with van der Waals surface area (Å²) in [5.74, 6) is -0.905. The van der Waals surface area contributed by atoms with Gasteiger partial charge in [0.1, 0.15) is 5.82 Å². The molecule has 3 heterocycles. The van der Waals surface area contributed by atoms with Gasteiger partial charge in [-0.1, -0.05) is 12.1 Å². The van der Waals surface area contributed by atoms with Gasteiger partial charge in [0, 0.05) is 12.6 Å². The molecular formula is C17H19FN6O2. The van der Waals surface area contributed by atoms with Gasteiger partial charge in [0.15, 0.2) is 11.2 Å². The molecule has 0 bridgehead atoms. The van der Waals surface area contributed by atoms with Crippen LogP contribution in [0.4, 0.5) is 4.39 Å². The van der Waals surface area contributed by atoms with E-state index in [1.54, 1.807) is 0 Å². The third-order valence-electron chi connectivity index (χ3n) is 4.94. The number of aromatic amines is 1. The topological polar surface area (TPSA) is 95.4 Å². The Morgan fingerprint density at radius 3 is 3.12 bits per heavy atom. The van der Waals surface area contributed by atoms with E-state index < -0.39 is 17.3 Å². The van der Waals surface area contributed by atoms with Crippen LogP contribution in [0.1, 0.15) is 30.3 Å². The predicted molar refractivity (Wildman–Crippen MR) is 93.7 cm³/mol. The van der Waals surface area contributed by atoms with E-state index in [1.165, 1.54) is 22.7 Å². The number of nitrogens with zero attached hydrogens (tertiary/aromatic N) is 4. The Bertz CT molecular complexity index is 1040. The second-order valence-electron chi connectivity index (χ2n) is 6.45. The number of H-pyrrole nitrogens is 1. The maximum atomic E-state index is 13.4. The molecule has 9 heteroatoms. The minimum Gasteiger partial charge on any atom is -0.349 e. The van der Waals surface area contributed by atoms with Gasteiger partial charge in [0.25, 0.3) is 11.5 Å². The molecule has 0 spiro atoms. The molecule has 26 heavy (non-hydrogen) atoms. The molecule has 1 aromatic carbocycles. The van der Waals surface area contributed by atoms with Crippen LogP contribution < -0.4 is 10.9 Å². The van der Waals surface area contributed by atoms with Gasteiger partial charge in [-0.25, -0.2) is 8.91 Å². The van der Waals surface area contributed by atoms with Crippen molar-refractivity contribution in [1.82, 2.24) is 30.0 Å². The van der Waals surface area contributed by atoms with Crippen molar-refractivity contribution in [1.29, 1.82) is 0 Å². The summed E-state index contributed by atoms with van der Waals surface area (Å²) in [5, 5.41) is 10.7. The molecule has 2 aromatic heterocycles. The van der Waals surface area contributed by atoms with Crippen LogP contribution in [-0.4, -0.2) is 56.3 Å². The molecular weight excluding hydrogens is 339 g/mol. The van der Waals surface area contributed by atoms with Gasteiger partial charge >= 0.3 is 0 Å². The second kappa shape index (κ2) is 6.49. The van der Waals surface area contributed by atoms with E-state index in [4.69, 9.17) is 0 Å². The van der Waals surface area contributed by atoms with Gasteiger partial charge in [-0.15, -0.1) is 5.10 Å². The molecule has 8 nitrogen and oxygen atoms in total. The minimum atomic E-state index is -0.533. The van der Waals surface area contributed by atoms with E-state index in [1.807, 2.05) is 0 Å². The SMILES string of the molecule is CCN1CCCC1CNC(=O)c1nnn2c1c(=O)[nH]c1cc(F)ccc12. The number of benzene rings is 1. The number of hydrogen-bond donors (Lipinski definition) is 2. The van der Waals surface area contributed by atoms with Crippen molar-refractivity contribution in [3.63, 3.8) is 0 Å². The quantitative estimate of drug-likeness (QED) is 0.723. The summed E-state index contributed by atoms with van der Waals surface area (Å²) < 4.78 is 14.6. The van der Waals surface area contributed by atoms with Crippen LogP contribution in [0.3, 0.4) is 0 Å². The molecule has 3 aromatic rings. The molecule has 1 atom stereocenters. The Kier molecular flexibility index (Phi) is 4.15. The number of likely N-dealkylation sites (N-methyl/N-ethyl adjacent to an activating group) is 1. The third-order valence-corrected chi connectivity index (χ3v) is 4.94. The van der Waals surface area contributed by atoms with E-state index in [0.717, 1.165) is 25.9 Å². The number of rotatable bonds is 4. The van der Waals surface area contributed by atoms with Crippen molar-refractivity contribution in [2.45, 2.75) is 25.8 Å². The van der Waals surface area contributed by atoms with E-state index in [9.17, 15) is 14.0 Å². The number of carbonyl (C=O) groups is 1. The molecule has 1 unspecified atom stereocenters. The summed E-state index contributed by atoms with van der Waals surface area (Å²) in [6.45, 7) is 4.58. The molecule has 1 amide bonds. The first-order chi connectivity index (χ1) is 12.6. The van der Waals surface area contributed by atoms with Gasteiger partial charge < -0.3 is 10.3 Å². The van der Waals surface area contributed by atoms with Gasteiger partial charge in [-0.05, 0) is 44.1 Å². The normalized spacial score (nSPS) is 18.0. The van der Waals surface area contributed by atoms with Crippen molar-refractivity contribution >= 4 is 22.5 Å². The number of hydrogen-bond acceptors (Lipinski definition) is 5. The number of likely N-dealkylation sites (tertiary alicyclic amines) is 1.